The van der Waals surface area contributed by atoms with Crippen molar-refractivity contribution in [1.29, 1.82) is 0 Å². The van der Waals surface area contributed by atoms with Crippen LogP contribution in [-0.4, -0.2) is 16.1 Å². The molecule has 0 aromatic carbocycles. The van der Waals surface area contributed by atoms with Crippen LogP contribution in [-0.2, 0) is 12.5 Å². The van der Waals surface area contributed by atoms with E-state index in [-0.39, 0.29) is 10.8 Å². The molecule has 3 nitrogen and oxygen atoms in total. The van der Waals surface area contributed by atoms with Crippen molar-refractivity contribution < 1.29 is 8.78 Å². The molecule has 6 heteroatoms. The maximum absolute atomic E-state index is 13.2. The fourth-order valence-corrected chi connectivity index (χ4v) is 1.35. The van der Waals surface area contributed by atoms with Crippen LogP contribution in [0.4, 0.5) is 8.78 Å². The number of halogens is 3. The highest BCUT2D eigenvalue weighted by Gasteiger charge is 2.36. The molecule has 0 aliphatic carbocycles. The van der Waals surface area contributed by atoms with Gasteiger partial charge in [-0.1, -0.05) is 11.6 Å². The smallest absolute Gasteiger partial charge is 0.302 e. The quantitative estimate of drug-likeness (QED) is 0.822. The third kappa shape index (κ3) is 1.81. The van der Waals surface area contributed by atoms with Crippen LogP contribution in [0.1, 0.15) is 12.6 Å². The fourth-order valence-electron chi connectivity index (χ4n) is 1.06. The summed E-state index contributed by atoms with van der Waals surface area (Å²) in [5.74, 6) is -3.11. The Morgan fingerprint density at radius 2 is 2.31 bits per heavy atom. The molecule has 0 atom stereocenters. The second-order valence-electron chi connectivity index (χ2n) is 2.58. The maximum Gasteiger partial charge on any atom is 0.302 e. The van der Waals surface area contributed by atoms with Gasteiger partial charge in [0.15, 0.2) is 5.15 Å². The molecule has 2 N–H and O–H groups in total. The summed E-state index contributed by atoms with van der Waals surface area (Å²) in [6.07, 6.45) is 1.28. The van der Waals surface area contributed by atoms with Gasteiger partial charge in [0.25, 0.3) is 0 Å². The maximum atomic E-state index is 13.2. The average Bonchev–Trinajstić information content (AvgIpc) is 2.47. The molecule has 0 fully saturated rings. The van der Waals surface area contributed by atoms with Crippen molar-refractivity contribution in [2.24, 2.45) is 5.73 Å². The minimum atomic E-state index is -3.11. The number of nitrogens with two attached hydrogens (primary N) is 1. The van der Waals surface area contributed by atoms with E-state index in [1.54, 1.807) is 6.92 Å². The number of imidazole rings is 1. The van der Waals surface area contributed by atoms with E-state index in [0.29, 0.717) is 6.54 Å². The number of nitrogens with zero attached hydrogens (tertiary/aromatic N) is 2. The Morgan fingerprint density at radius 1 is 1.69 bits per heavy atom. The molecule has 0 spiro atoms. The Kier molecular flexibility index (Phi) is 2.87. The first-order valence-corrected chi connectivity index (χ1v) is 4.19. The molecule has 0 unspecified atom stereocenters. The second kappa shape index (κ2) is 3.59. The van der Waals surface area contributed by atoms with Gasteiger partial charge in [0, 0.05) is 6.54 Å². The molecule has 1 heterocycles. The van der Waals surface area contributed by atoms with E-state index < -0.39 is 12.5 Å². The average molecular weight is 210 g/mol. The van der Waals surface area contributed by atoms with Crippen molar-refractivity contribution in [2.45, 2.75) is 19.4 Å². The van der Waals surface area contributed by atoms with Crippen LogP contribution in [0.2, 0.25) is 5.15 Å². The van der Waals surface area contributed by atoms with Crippen LogP contribution in [0.5, 0.6) is 0 Å². The third-order valence-corrected chi connectivity index (χ3v) is 2.01. The minimum Gasteiger partial charge on any atom is -0.328 e. The van der Waals surface area contributed by atoms with E-state index in [1.165, 1.54) is 10.9 Å². The zero-order chi connectivity index (χ0) is 10.1. The van der Waals surface area contributed by atoms with E-state index in [1.807, 2.05) is 0 Å². The van der Waals surface area contributed by atoms with Crippen LogP contribution < -0.4 is 5.73 Å². The lowest BCUT2D eigenvalue weighted by molar-refractivity contribution is -0.00200. The van der Waals surface area contributed by atoms with Crippen LogP contribution in [0.25, 0.3) is 0 Å². The molecular weight excluding hydrogens is 200 g/mol. The molecule has 74 valence electrons. The second-order valence-corrected chi connectivity index (χ2v) is 2.94. The number of hydrogen-bond donors (Lipinski definition) is 1. The van der Waals surface area contributed by atoms with Gasteiger partial charge in [-0.3, -0.25) is 0 Å². The van der Waals surface area contributed by atoms with Gasteiger partial charge in [-0.25, -0.2) is 4.98 Å². The highest BCUT2D eigenvalue weighted by Crippen LogP contribution is 2.31. The Labute approximate surface area is 79.5 Å². The van der Waals surface area contributed by atoms with Crippen LogP contribution in [0, 0.1) is 0 Å². The van der Waals surface area contributed by atoms with Gasteiger partial charge in [0.1, 0.15) is 5.69 Å². The molecule has 0 saturated carbocycles. The zero-order valence-electron chi connectivity index (χ0n) is 7.10. The van der Waals surface area contributed by atoms with E-state index in [0.717, 1.165) is 0 Å². The number of hydrogen-bond acceptors (Lipinski definition) is 2. The number of aromatic nitrogens is 2. The first kappa shape index (κ1) is 10.4. The Bertz CT molecular complexity index is 298. The summed E-state index contributed by atoms with van der Waals surface area (Å²) < 4.78 is 27.6. The van der Waals surface area contributed by atoms with Gasteiger partial charge >= 0.3 is 5.92 Å². The van der Waals surface area contributed by atoms with Gasteiger partial charge in [-0.15, -0.1) is 0 Å². The standard InChI is InChI=1S/C7H10ClF2N3/c1-2-13-4-12-6(8)5(13)7(9,10)3-11/h4H,2-3,11H2,1H3. The first-order valence-electron chi connectivity index (χ1n) is 3.82. The molecule has 0 amide bonds. The Hall–Kier alpha value is -0.680. The molecule has 0 saturated heterocycles. The van der Waals surface area contributed by atoms with Crippen molar-refractivity contribution >= 4 is 11.6 Å². The zero-order valence-corrected chi connectivity index (χ0v) is 7.85. The lowest BCUT2D eigenvalue weighted by Gasteiger charge is -2.15. The van der Waals surface area contributed by atoms with Gasteiger partial charge < -0.3 is 10.3 Å². The van der Waals surface area contributed by atoms with Crippen LogP contribution in [0.15, 0.2) is 6.33 Å². The summed E-state index contributed by atoms with van der Waals surface area (Å²) in [6.45, 7) is 1.36. The van der Waals surface area contributed by atoms with Crippen LogP contribution in [0.3, 0.4) is 0 Å². The largest absolute Gasteiger partial charge is 0.328 e. The SMILES string of the molecule is CCn1cnc(Cl)c1C(F)(F)CN. The molecule has 1 aromatic heterocycles. The predicted molar refractivity (Wildman–Crippen MR) is 45.9 cm³/mol. The summed E-state index contributed by atoms with van der Waals surface area (Å²) in [5.41, 5.74) is 4.63. The van der Waals surface area contributed by atoms with Gasteiger partial charge in [-0.2, -0.15) is 8.78 Å². The summed E-state index contributed by atoms with van der Waals surface area (Å²) in [5, 5.41) is -0.183. The predicted octanol–water partition coefficient (Wildman–Crippen LogP) is 1.61. The molecule has 13 heavy (non-hydrogen) atoms. The van der Waals surface area contributed by atoms with Crippen molar-refractivity contribution in [2.75, 3.05) is 6.54 Å². The van der Waals surface area contributed by atoms with E-state index in [2.05, 4.69) is 4.98 Å². The topological polar surface area (TPSA) is 43.8 Å². The molecule has 0 aliphatic heterocycles. The monoisotopic (exact) mass is 209 g/mol. The summed E-state index contributed by atoms with van der Waals surface area (Å²) in [6, 6.07) is 0. The van der Waals surface area contributed by atoms with Crippen molar-refractivity contribution in [3.8, 4) is 0 Å². The molecule has 1 rings (SSSR count). The highest BCUT2D eigenvalue weighted by atomic mass is 35.5. The van der Waals surface area contributed by atoms with Gasteiger partial charge in [0.05, 0.1) is 12.9 Å². The molecule has 0 bridgehead atoms. The van der Waals surface area contributed by atoms with Gasteiger partial charge in [-0.05, 0) is 6.92 Å². The third-order valence-electron chi connectivity index (χ3n) is 1.74. The number of rotatable bonds is 3. The summed E-state index contributed by atoms with van der Waals surface area (Å²) in [4.78, 5) is 3.59. The highest BCUT2D eigenvalue weighted by molar-refractivity contribution is 6.30. The Morgan fingerprint density at radius 3 is 2.77 bits per heavy atom. The summed E-state index contributed by atoms with van der Waals surface area (Å²) in [7, 11) is 0. The minimum absolute atomic E-state index is 0.183. The molecule has 0 radical (unpaired) electrons. The van der Waals surface area contributed by atoms with Crippen molar-refractivity contribution in [3.05, 3.63) is 17.2 Å². The summed E-state index contributed by atoms with van der Waals surface area (Å²) >= 11 is 5.52. The molecule has 0 aliphatic rings. The van der Waals surface area contributed by atoms with Crippen LogP contribution >= 0.6 is 11.6 Å². The molecular formula is C7H10ClF2N3. The Balaban J connectivity index is 3.18. The lowest BCUT2D eigenvalue weighted by atomic mass is 10.2. The van der Waals surface area contributed by atoms with Crippen molar-refractivity contribution in [1.82, 2.24) is 9.55 Å². The van der Waals surface area contributed by atoms with Gasteiger partial charge in [0.2, 0.25) is 0 Å². The van der Waals surface area contributed by atoms with Crippen molar-refractivity contribution in [3.63, 3.8) is 0 Å². The normalized spacial score (nSPS) is 12.1. The number of aryl methyl sites for hydroxylation is 1. The van der Waals surface area contributed by atoms with E-state index in [4.69, 9.17) is 17.3 Å². The van der Waals surface area contributed by atoms with E-state index in [9.17, 15) is 8.78 Å². The molecule has 1 aromatic rings. The first-order chi connectivity index (χ1) is 6.03. The lowest BCUT2D eigenvalue weighted by Crippen LogP contribution is -2.28. The fraction of sp³-hybridized carbons (Fsp3) is 0.571. The van der Waals surface area contributed by atoms with E-state index >= 15 is 0 Å². The number of alkyl halides is 2.